The molecular weight excluding hydrogens is 289 g/mol. The number of aromatic nitrogens is 2. The zero-order valence-electron chi connectivity index (χ0n) is 10.7. The summed E-state index contributed by atoms with van der Waals surface area (Å²) in [6, 6.07) is 5.04. The van der Waals surface area contributed by atoms with Gasteiger partial charge in [0.05, 0.1) is 16.4 Å². The van der Waals surface area contributed by atoms with Gasteiger partial charge >= 0.3 is 0 Å². The molecule has 7 heteroatoms. The highest BCUT2D eigenvalue weighted by Crippen LogP contribution is 2.28. The molecule has 0 N–H and O–H groups in total. The van der Waals surface area contributed by atoms with Crippen molar-refractivity contribution in [2.75, 3.05) is 5.75 Å². The number of hydrogen-bond donors (Lipinski definition) is 0. The van der Waals surface area contributed by atoms with E-state index in [2.05, 4.69) is 5.10 Å². The highest BCUT2D eigenvalue weighted by atomic mass is 32.2. The first-order chi connectivity index (χ1) is 9.54. The van der Waals surface area contributed by atoms with Crippen LogP contribution >= 0.6 is 0 Å². The molecule has 108 valence electrons. The molecule has 1 aromatic heterocycles. The van der Waals surface area contributed by atoms with Gasteiger partial charge in [-0.1, -0.05) is 13.0 Å². The summed E-state index contributed by atoms with van der Waals surface area (Å²) in [7, 11) is -1.34. The zero-order valence-corrected chi connectivity index (χ0v) is 11.5. The molecule has 2 rings (SSSR count). The minimum atomic E-state index is -2.91. The molecule has 0 aliphatic rings. The Balaban J connectivity index is 2.50. The molecule has 20 heavy (non-hydrogen) atoms. The molecule has 0 aliphatic carbocycles. The summed E-state index contributed by atoms with van der Waals surface area (Å²) < 4.78 is 52.4. The summed E-state index contributed by atoms with van der Waals surface area (Å²) in [5, 5.41) is 3.30. The lowest BCUT2D eigenvalue weighted by molar-refractivity contribution is 0.146. The van der Waals surface area contributed by atoms with Crippen LogP contribution < -0.4 is 0 Å². The third-order valence-corrected chi connectivity index (χ3v) is 4.39. The minimum absolute atomic E-state index is 0.339. The molecule has 0 saturated carbocycles. The van der Waals surface area contributed by atoms with Crippen LogP contribution in [0.2, 0.25) is 0 Å². The topological polar surface area (TPSA) is 34.9 Å². The number of hydrogen-bond acceptors (Lipinski definition) is 2. The van der Waals surface area contributed by atoms with Crippen LogP contribution in [0.15, 0.2) is 36.7 Å². The Hall–Kier alpha value is -1.63. The SMILES string of the molecule is CCS(=O)[C@@H](c1ccc(F)c(C(F)F)c1)n1cccn1. The first-order valence-corrected chi connectivity index (χ1v) is 7.36. The van der Waals surface area contributed by atoms with Gasteiger partial charge in [0, 0.05) is 18.1 Å². The van der Waals surface area contributed by atoms with Crippen LogP contribution in [-0.4, -0.2) is 19.7 Å². The summed E-state index contributed by atoms with van der Waals surface area (Å²) in [5.41, 5.74) is -0.335. The highest BCUT2D eigenvalue weighted by molar-refractivity contribution is 7.85. The lowest BCUT2D eigenvalue weighted by Gasteiger charge is -2.18. The second kappa shape index (κ2) is 6.21. The number of halogens is 3. The normalized spacial score (nSPS) is 14.4. The van der Waals surface area contributed by atoms with Gasteiger partial charge in [-0.3, -0.25) is 8.89 Å². The molecule has 0 saturated heterocycles. The molecule has 0 amide bonds. The number of rotatable bonds is 5. The van der Waals surface area contributed by atoms with E-state index in [0.717, 1.165) is 12.1 Å². The second-order valence-electron chi connectivity index (χ2n) is 4.09. The van der Waals surface area contributed by atoms with E-state index < -0.39 is 34.0 Å². The van der Waals surface area contributed by atoms with E-state index in [4.69, 9.17) is 0 Å². The Bertz CT molecular complexity index is 602. The molecule has 1 aromatic carbocycles. The summed E-state index contributed by atoms with van der Waals surface area (Å²) in [6.45, 7) is 1.73. The molecule has 0 fully saturated rings. The van der Waals surface area contributed by atoms with Crippen molar-refractivity contribution in [3.8, 4) is 0 Å². The molecule has 1 unspecified atom stereocenters. The standard InChI is InChI=1S/C13H13F3N2OS/c1-2-20(19)13(18-7-3-6-17-18)9-4-5-11(14)10(8-9)12(15)16/h3-8,12-13H,2H2,1H3/t13-,20?/m0/s1. The lowest BCUT2D eigenvalue weighted by atomic mass is 10.1. The van der Waals surface area contributed by atoms with Gasteiger partial charge < -0.3 is 0 Å². The fraction of sp³-hybridized carbons (Fsp3) is 0.308. The van der Waals surface area contributed by atoms with E-state index in [9.17, 15) is 17.4 Å². The molecule has 2 aromatic rings. The summed E-state index contributed by atoms with van der Waals surface area (Å²) in [6.07, 6.45) is 0.199. The van der Waals surface area contributed by atoms with Gasteiger partial charge in [-0.2, -0.15) is 5.10 Å². The highest BCUT2D eigenvalue weighted by Gasteiger charge is 2.23. The van der Waals surface area contributed by atoms with Crippen LogP contribution in [0.4, 0.5) is 13.2 Å². The lowest BCUT2D eigenvalue weighted by Crippen LogP contribution is -2.18. The summed E-state index contributed by atoms with van der Waals surface area (Å²) >= 11 is 0. The van der Waals surface area contributed by atoms with Crippen molar-refractivity contribution in [1.29, 1.82) is 0 Å². The third kappa shape index (κ3) is 2.92. The van der Waals surface area contributed by atoms with Gasteiger partial charge in [0.25, 0.3) is 6.43 Å². The molecule has 2 atom stereocenters. The predicted octanol–water partition coefficient (Wildman–Crippen LogP) is 3.28. The van der Waals surface area contributed by atoms with Crippen LogP contribution in [0.3, 0.4) is 0 Å². The second-order valence-corrected chi connectivity index (χ2v) is 5.87. The van der Waals surface area contributed by atoms with Crippen molar-refractivity contribution in [2.24, 2.45) is 0 Å². The first kappa shape index (κ1) is 14.8. The Labute approximate surface area is 116 Å². The summed E-state index contributed by atoms with van der Waals surface area (Å²) in [5.74, 6) is -0.628. The average Bonchev–Trinajstić information content (AvgIpc) is 2.94. The van der Waals surface area contributed by atoms with Crippen molar-refractivity contribution in [3.05, 3.63) is 53.6 Å². The maximum absolute atomic E-state index is 13.3. The van der Waals surface area contributed by atoms with E-state index in [0.29, 0.717) is 11.3 Å². The van der Waals surface area contributed by atoms with E-state index in [1.165, 1.54) is 16.9 Å². The van der Waals surface area contributed by atoms with Gasteiger partial charge in [0.2, 0.25) is 0 Å². The maximum atomic E-state index is 13.3. The monoisotopic (exact) mass is 302 g/mol. The van der Waals surface area contributed by atoms with E-state index >= 15 is 0 Å². The maximum Gasteiger partial charge on any atom is 0.266 e. The van der Waals surface area contributed by atoms with E-state index in [1.807, 2.05) is 0 Å². The predicted molar refractivity (Wildman–Crippen MR) is 70.4 cm³/mol. The molecule has 1 heterocycles. The van der Waals surface area contributed by atoms with Gasteiger partial charge in [0.15, 0.2) is 5.37 Å². The van der Waals surface area contributed by atoms with Gasteiger partial charge in [-0.25, -0.2) is 13.2 Å². The molecule has 0 radical (unpaired) electrons. The Kier molecular flexibility index (Phi) is 4.59. The minimum Gasteiger partial charge on any atom is -0.257 e. The van der Waals surface area contributed by atoms with Crippen LogP contribution in [0, 0.1) is 5.82 Å². The molecular formula is C13H13F3N2OS. The molecule has 0 spiro atoms. The van der Waals surface area contributed by atoms with Crippen LogP contribution in [0.5, 0.6) is 0 Å². The Morgan fingerprint density at radius 1 is 1.40 bits per heavy atom. The van der Waals surface area contributed by atoms with Crippen molar-refractivity contribution in [1.82, 2.24) is 9.78 Å². The first-order valence-electron chi connectivity index (χ1n) is 5.98. The fourth-order valence-electron chi connectivity index (χ4n) is 1.89. The van der Waals surface area contributed by atoms with Crippen molar-refractivity contribution < 1.29 is 17.4 Å². The largest absolute Gasteiger partial charge is 0.266 e. The smallest absolute Gasteiger partial charge is 0.257 e. The molecule has 0 bridgehead atoms. The zero-order chi connectivity index (χ0) is 14.7. The molecule has 3 nitrogen and oxygen atoms in total. The Morgan fingerprint density at radius 2 is 2.15 bits per heavy atom. The number of nitrogens with zero attached hydrogens (tertiary/aromatic N) is 2. The van der Waals surface area contributed by atoms with Crippen LogP contribution in [-0.2, 0) is 10.8 Å². The fourth-order valence-corrected chi connectivity index (χ4v) is 3.02. The summed E-state index contributed by atoms with van der Waals surface area (Å²) in [4.78, 5) is 0. The van der Waals surface area contributed by atoms with Crippen molar-refractivity contribution >= 4 is 10.8 Å². The van der Waals surface area contributed by atoms with Crippen LogP contribution in [0.1, 0.15) is 29.8 Å². The number of benzene rings is 1. The Morgan fingerprint density at radius 3 is 2.70 bits per heavy atom. The van der Waals surface area contributed by atoms with Crippen LogP contribution in [0.25, 0.3) is 0 Å². The average molecular weight is 302 g/mol. The van der Waals surface area contributed by atoms with Gasteiger partial charge in [0.1, 0.15) is 5.82 Å². The number of alkyl halides is 2. The van der Waals surface area contributed by atoms with E-state index in [-0.39, 0.29) is 0 Å². The molecule has 0 aliphatic heterocycles. The van der Waals surface area contributed by atoms with Crippen molar-refractivity contribution in [2.45, 2.75) is 18.7 Å². The third-order valence-electron chi connectivity index (χ3n) is 2.84. The van der Waals surface area contributed by atoms with Crippen molar-refractivity contribution in [3.63, 3.8) is 0 Å². The quantitative estimate of drug-likeness (QED) is 0.849. The van der Waals surface area contributed by atoms with Gasteiger partial charge in [-0.15, -0.1) is 0 Å². The van der Waals surface area contributed by atoms with Gasteiger partial charge in [-0.05, 0) is 23.8 Å². The van der Waals surface area contributed by atoms with E-state index in [1.54, 1.807) is 19.2 Å².